The van der Waals surface area contributed by atoms with Gasteiger partial charge in [-0.3, -0.25) is 4.79 Å². The monoisotopic (exact) mass is 220 g/mol. The summed E-state index contributed by atoms with van der Waals surface area (Å²) < 4.78 is 0. The van der Waals surface area contributed by atoms with Gasteiger partial charge in [-0.1, -0.05) is 29.7 Å². The van der Waals surface area contributed by atoms with Crippen molar-refractivity contribution >= 4 is 17.4 Å². The molecule has 0 atom stereocenters. The minimum atomic E-state index is -0.188. The van der Waals surface area contributed by atoms with E-state index in [1.807, 2.05) is 20.8 Å². The number of carbonyl (C=O) groups excluding carboxylic acids is 1. The minimum Gasteiger partial charge on any atom is -0.279 e. The third-order valence-electron chi connectivity index (χ3n) is 1.64. The first-order valence-corrected chi connectivity index (χ1v) is 5.09. The predicted molar refractivity (Wildman–Crippen MR) is 63.0 cm³/mol. The Labute approximate surface area is 95.5 Å². The highest BCUT2D eigenvalue weighted by atomic mass is 35.5. The van der Waals surface area contributed by atoms with E-state index in [9.17, 15) is 4.79 Å². The number of hydrogen-bond acceptors (Lipinski definition) is 1. The van der Waals surface area contributed by atoms with Crippen LogP contribution in [0.4, 0.5) is 0 Å². The van der Waals surface area contributed by atoms with Crippen molar-refractivity contribution in [2.45, 2.75) is 20.8 Å². The molecule has 1 aromatic carbocycles. The number of halogens is 1. The molecule has 0 saturated carbocycles. The first-order valence-electron chi connectivity index (χ1n) is 4.71. The van der Waals surface area contributed by atoms with Gasteiger partial charge in [-0.15, -0.1) is 0 Å². The van der Waals surface area contributed by atoms with E-state index in [1.54, 1.807) is 24.3 Å². The van der Waals surface area contributed by atoms with Crippen LogP contribution in [-0.2, 0) is 0 Å². The Balaban J connectivity index is 2.90. The summed E-state index contributed by atoms with van der Waals surface area (Å²) >= 11 is 5.78. The number of hydrogen-bond donors (Lipinski definition) is 0. The number of ketones is 1. The Morgan fingerprint density at radius 1 is 1.33 bits per heavy atom. The second-order valence-corrected chi connectivity index (χ2v) is 4.78. The number of benzene rings is 1. The summed E-state index contributed by atoms with van der Waals surface area (Å²) in [7, 11) is 0. The second kappa shape index (κ2) is 4.51. The lowest BCUT2D eigenvalue weighted by molar-refractivity contribution is 0.105. The molecule has 15 heavy (non-hydrogen) atoms. The van der Waals surface area contributed by atoms with E-state index in [0.29, 0.717) is 10.6 Å². The average Bonchev–Trinajstić information content (AvgIpc) is 2.13. The van der Waals surface area contributed by atoms with Gasteiger partial charge in [-0.2, -0.15) is 0 Å². The first kappa shape index (κ1) is 11.8. The van der Waals surface area contributed by atoms with Gasteiger partial charge in [0.1, 0.15) is 0 Å². The number of rotatable bonds is 1. The van der Waals surface area contributed by atoms with Crippen molar-refractivity contribution in [1.82, 2.24) is 0 Å². The van der Waals surface area contributed by atoms with Crippen LogP contribution in [0.25, 0.3) is 0 Å². The largest absolute Gasteiger partial charge is 0.279 e. The maximum Gasteiger partial charge on any atom is 0.235 e. The Hall–Kier alpha value is -1.26. The molecule has 1 nitrogen and oxygen atoms in total. The van der Waals surface area contributed by atoms with Gasteiger partial charge in [-0.25, -0.2) is 0 Å². The van der Waals surface area contributed by atoms with Crippen molar-refractivity contribution in [2.75, 3.05) is 0 Å². The summed E-state index contributed by atoms with van der Waals surface area (Å²) in [4.78, 5) is 11.6. The molecule has 78 valence electrons. The fraction of sp³-hybridized carbons (Fsp3) is 0.308. The van der Waals surface area contributed by atoms with Crippen LogP contribution < -0.4 is 0 Å². The fourth-order valence-electron chi connectivity index (χ4n) is 0.946. The third-order valence-corrected chi connectivity index (χ3v) is 1.87. The van der Waals surface area contributed by atoms with Gasteiger partial charge >= 0.3 is 0 Å². The lowest BCUT2D eigenvalue weighted by Gasteiger charge is -2.06. The van der Waals surface area contributed by atoms with E-state index in [4.69, 9.17) is 11.6 Å². The standard InChI is InChI=1S/C13H13ClO/c1-13(2,3)8-7-12(15)10-5-4-6-11(14)9-10/h4-6,9H,1-3H3. The van der Waals surface area contributed by atoms with Crippen LogP contribution in [0.1, 0.15) is 31.1 Å². The SMILES string of the molecule is CC(C)(C)C#CC(=O)c1cccc(Cl)c1. The van der Waals surface area contributed by atoms with Crippen molar-refractivity contribution < 1.29 is 4.79 Å². The summed E-state index contributed by atoms with van der Waals surface area (Å²) in [6, 6.07) is 6.82. The average molecular weight is 221 g/mol. The Kier molecular flexibility index (Phi) is 3.55. The van der Waals surface area contributed by atoms with Crippen LogP contribution in [0.2, 0.25) is 5.02 Å². The zero-order valence-corrected chi connectivity index (χ0v) is 9.85. The lowest BCUT2D eigenvalue weighted by atomic mass is 9.97. The van der Waals surface area contributed by atoms with E-state index in [-0.39, 0.29) is 11.2 Å². The van der Waals surface area contributed by atoms with Crippen molar-refractivity contribution in [2.24, 2.45) is 5.41 Å². The molecule has 0 aromatic heterocycles. The Morgan fingerprint density at radius 3 is 2.53 bits per heavy atom. The van der Waals surface area contributed by atoms with E-state index in [0.717, 1.165) is 0 Å². The highest BCUT2D eigenvalue weighted by Gasteiger charge is 2.06. The van der Waals surface area contributed by atoms with Gasteiger partial charge in [0.05, 0.1) is 0 Å². The van der Waals surface area contributed by atoms with Gasteiger partial charge in [0.25, 0.3) is 0 Å². The fourth-order valence-corrected chi connectivity index (χ4v) is 1.14. The summed E-state index contributed by atoms with van der Waals surface area (Å²) in [5.41, 5.74) is 0.382. The van der Waals surface area contributed by atoms with Gasteiger partial charge in [0.2, 0.25) is 5.78 Å². The highest BCUT2D eigenvalue weighted by molar-refractivity contribution is 6.31. The predicted octanol–water partition coefficient (Wildman–Crippen LogP) is 3.57. The van der Waals surface area contributed by atoms with E-state index < -0.39 is 0 Å². The quantitative estimate of drug-likeness (QED) is 0.402. The zero-order chi connectivity index (χ0) is 11.5. The van der Waals surface area contributed by atoms with Gasteiger partial charge in [0.15, 0.2) is 0 Å². The molecule has 1 aromatic rings. The Morgan fingerprint density at radius 2 is 2.00 bits per heavy atom. The maximum atomic E-state index is 11.6. The molecular weight excluding hydrogens is 208 g/mol. The summed E-state index contributed by atoms with van der Waals surface area (Å²) in [6.45, 7) is 5.89. The van der Waals surface area contributed by atoms with Crippen LogP contribution in [0, 0.1) is 17.3 Å². The van der Waals surface area contributed by atoms with Crippen molar-refractivity contribution in [3.8, 4) is 11.8 Å². The molecule has 0 aliphatic rings. The van der Waals surface area contributed by atoms with Gasteiger partial charge in [-0.05, 0) is 38.8 Å². The number of carbonyl (C=O) groups is 1. The topological polar surface area (TPSA) is 17.1 Å². The van der Waals surface area contributed by atoms with E-state index >= 15 is 0 Å². The summed E-state index contributed by atoms with van der Waals surface area (Å²) in [5, 5.41) is 0.554. The molecule has 1 rings (SSSR count). The van der Waals surface area contributed by atoms with Gasteiger partial charge in [0, 0.05) is 16.0 Å². The molecule has 0 bridgehead atoms. The third kappa shape index (κ3) is 4.18. The van der Waals surface area contributed by atoms with Crippen LogP contribution in [0.3, 0.4) is 0 Å². The molecule has 0 amide bonds. The zero-order valence-electron chi connectivity index (χ0n) is 9.10. The lowest BCUT2D eigenvalue weighted by Crippen LogP contribution is -2.02. The maximum absolute atomic E-state index is 11.6. The molecule has 0 fully saturated rings. The molecule has 0 heterocycles. The molecule has 0 spiro atoms. The number of Topliss-reactive ketones (excluding diaryl/α,β-unsaturated/α-hetero) is 1. The molecular formula is C13H13ClO. The second-order valence-electron chi connectivity index (χ2n) is 4.34. The highest BCUT2D eigenvalue weighted by Crippen LogP contribution is 2.12. The summed E-state index contributed by atoms with van der Waals surface area (Å²) in [5.74, 6) is 5.33. The first-order chi connectivity index (χ1) is 6.88. The molecule has 0 aliphatic heterocycles. The normalized spacial score (nSPS) is 10.4. The van der Waals surface area contributed by atoms with Crippen molar-refractivity contribution in [3.05, 3.63) is 34.9 Å². The van der Waals surface area contributed by atoms with Crippen LogP contribution in [0.5, 0.6) is 0 Å². The molecule has 0 unspecified atom stereocenters. The molecule has 0 saturated heterocycles. The van der Waals surface area contributed by atoms with E-state index in [2.05, 4.69) is 11.8 Å². The van der Waals surface area contributed by atoms with Crippen molar-refractivity contribution in [1.29, 1.82) is 0 Å². The van der Waals surface area contributed by atoms with Gasteiger partial charge < -0.3 is 0 Å². The minimum absolute atomic E-state index is 0.158. The van der Waals surface area contributed by atoms with Crippen molar-refractivity contribution in [3.63, 3.8) is 0 Å². The van der Waals surface area contributed by atoms with Crippen LogP contribution in [0.15, 0.2) is 24.3 Å². The van der Waals surface area contributed by atoms with Crippen LogP contribution >= 0.6 is 11.6 Å². The molecule has 0 radical (unpaired) electrons. The Bertz CT molecular complexity index is 430. The van der Waals surface area contributed by atoms with Crippen LogP contribution in [-0.4, -0.2) is 5.78 Å². The molecule has 0 aliphatic carbocycles. The molecule has 0 N–H and O–H groups in total. The molecule has 2 heteroatoms. The van der Waals surface area contributed by atoms with E-state index in [1.165, 1.54) is 0 Å². The summed E-state index contributed by atoms with van der Waals surface area (Å²) in [6.07, 6.45) is 0. The smallest absolute Gasteiger partial charge is 0.235 e.